The second-order valence-corrected chi connectivity index (χ2v) is 7.37. The third-order valence-corrected chi connectivity index (χ3v) is 5.33. The van der Waals surface area contributed by atoms with E-state index >= 15 is 0 Å². The summed E-state index contributed by atoms with van der Waals surface area (Å²) in [7, 11) is -4.57. The summed E-state index contributed by atoms with van der Waals surface area (Å²) in [6.45, 7) is 0. The molecule has 1 saturated carbocycles. The Kier molecular flexibility index (Phi) is 5.56. The highest BCUT2D eigenvalue weighted by Crippen LogP contribution is 2.28. The minimum atomic E-state index is -4.57. The molecule has 0 aromatic heterocycles. The number of halogens is 2. The lowest BCUT2D eigenvalue weighted by Crippen LogP contribution is -2.23. The quantitative estimate of drug-likeness (QED) is 0.905. The van der Waals surface area contributed by atoms with Crippen LogP contribution >= 0.6 is 0 Å². The molecule has 2 rings (SSSR count). The van der Waals surface area contributed by atoms with Crippen molar-refractivity contribution < 1.29 is 17.2 Å². The van der Waals surface area contributed by atoms with E-state index in [0.29, 0.717) is 5.69 Å². The highest BCUT2D eigenvalue weighted by molar-refractivity contribution is 7.91. The average Bonchev–Trinajstić information content (AvgIpc) is 2.42. The van der Waals surface area contributed by atoms with Crippen LogP contribution in [0.5, 0.6) is 0 Å². The molecule has 118 valence electrons. The van der Waals surface area contributed by atoms with Crippen molar-refractivity contribution in [1.29, 1.82) is 0 Å². The molecular formula is C15H21F2NO2S. The van der Waals surface area contributed by atoms with Crippen LogP contribution in [-0.4, -0.2) is 20.2 Å². The van der Waals surface area contributed by atoms with Crippen LogP contribution in [0.3, 0.4) is 0 Å². The van der Waals surface area contributed by atoms with Crippen molar-refractivity contribution in [2.45, 2.75) is 61.6 Å². The Hall–Kier alpha value is -1.17. The van der Waals surface area contributed by atoms with Crippen molar-refractivity contribution in [2.24, 2.45) is 0 Å². The van der Waals surface area contributed by atoms with Gasteiger partial charge in [0.25, 0.3) is 0 Å². The lowest BCUT2D eigenvalue weighted by Gasteiger charge is -2.23. The third kappa shape index (κ3) is 4.15. The summed E-state index contributed by atoms with van der Waals surface area (Å²) in [6, 6.07) is 6.09. The number of para-hydroxylation sites is 1. The molecule has 1 fully saturated rings. The molecule has 1 aliphatic carbocycles. The Morgan fingerprint density at radius 3 is 2.19 bits per heavy atom. The van der Waals surface area contributed by atoms with Gasteiger partial charge in [0.2, 0.25) is 9.84 Å². The van der Waals surface area contributed by atoms with Crippen LogP contribution in [-0.2, 0) is 9.84 Å². The summed E-state index contributed by atoms with van der Waals surface area (Å²) in [6.07, 6.45) is 7.66. The molecule has 1 N–H and O–H groups in total. The average molecular weight is 317 g/mol. The highest BCUT2D eigenvalue weighted by Gasteiger charge is 2.29. The van der Waals surface area contributed by atoms with Crippen LogP contribution in [0.15, 0.2) is 29.2 Å². The largest absolute Gasteiger partial charge is 0.381 e. The number of sulfone groups is 1. The Labute approximate surface area is 124 Å². The highest BCUT2D eigenvalue weighted by atomic mass is 32.2. The van der Waals surface area contributed by atoms with E-state index in [4.69, 9.17) is 0 Å². The smallest absolute Gasteiger partial charge is 0.341 e. The lowest BCUT2D eigenvalue weighted by molar-refractivity contribution is 0.235. The molecule has 1 aromatic rings. The first kappa shape index (κ1) is 16.2. The van der Waals surface area contributed by atoms with Crippen LogP contribution in [0.1, 0.15) is 44.9 Å². The normalized spacial score (nSPS) is 18.2. The van der Waals surface area contributed by atoms with Crippen LogP contribution < -0.4 is 5.32 Å². The molecule has 3 nitrogen and oxygen atoms in total. The van der Waals surface area contributed by atoms with Crippen LogP contribution in [0.2, 0.25) is 0 Å². The fourth-order valence-corrected chi connectivity index (χ4v) is 3.64. The van der Waals surface area contributed by atoms with Crippen molar-refractivity contribution in [3.8, 4) is 0 Å². The van der Waals surface area contributed by atoms with Gasteiger partial charge in [0.05, 0.1) is 10.6 Å². The summed E-state index contributed by atoms with van der Waals surface area (Å²) in [4.78, 5) is -0.304. The van der Waals surface area contributed by atoms with Gasteiger partial charge < -0.3 is 5.32 Å². The zero-order chi connectivity index (χ0) is 15.3. The van der Waals surface area contributed by atoms with Gasteiger partial charge in [-0.25, -0.2) is 8.42 Å². The molecule has 0 saturated heterocycles. The first-order valence-electron chi connectivity index (χ1n) is 7.39. The van der Waals surface area contributed by atoms with Gasteiger partial charge in [-0.15, -0.1) is 0 Å². The van der Waals surface area contributed by atoms with Gasteiger partial charge >= 0.3 is 5.76 Å². The van der Waals surface area contributed by atoms with Gasteiger partial charge in [-0.3, -0.25) is 0 Å². The summed E-state index contributed by atoms with van der Waals surface area (Å²) >= 11 is 0. The van der Waals surface area contributed by atoms with E-state index in [9.17, 15) is 17.2 Å². The van der Waals surface area contributed by atoms with Crippen LogP contribution in [0.4, 0.5) is 14.5 Å². The van der Waals surface area contributed by atoms with Crippen molar-refractivity contribution in [2.75, 3.05) is 5.32 Å². The van der Waals surface area contributed by atoms with Crippen molar-refractivity contribution >= 4 is 15.5 Å². The lowest BCUT2D eigenvalue weighted by atomic mass is 9.96. The Bertz CT molecular complexity index is 553. The predicted molar refractivity (Wildman–Crippen MR) is 79.4 cm³/mol. The predicted octanol–water partition coefficient (Wildman–Crippen LogP) is 4.21. The minimum Gasteiger partial charge on any atom is -0.381 e. The maximum absolute atomic E-state index is 12.8. The second kappa shape index (κ2) is 7.20. The number of nitrogens with one attached hydrogen (secondary N) is 1. The van der Waals surface area contributed by atoms with E-state index < -0.39 is 15.6 Å². The Morgan fingerprint density at radius 2 is 1.57 bits per heavy atom. The fraction of sp³-hybridized carbons (Fsp3) is 0.600. The molecule has 0 aliphatic heterocycles. The third-order valence-electron chi connectivity index (χ3n) is 3.89. The Morgan fingerprint density at radius 1 is 1.00 bits per heavy atom. The number of hydrogen-bond donors (Lipinski definition) is 1. The summed E-state index contributed by atoms with van der Waals surface area (Å²) in [5.74, 6) is -3.39. The maximum Gasteiger partial charge on any atom is 0.341 e. The van der Waals surface area contributed by atoms with Gasteiger partial charge in [-0.05, 0) is 25.0 Å². The van der Waals surface area contributed by atoms with E-state index in [1.165, 1.54) is 31.4 Å². The van der Waals surface area contributed by atoms with E-state index in [1.54, 1.807) is 12.1 Å². The van der Waals surface area contributed by atoms with E-state index in [-0.39, 0.29) is 10.9 Å². The summed E-state index contributed by atoms with van der Waals surface area (Å²) in [5, 5.41) is 3.17. The van der Waals surface area contributed by atoms with Crippen LogP contribution in [0.25, 0.3) is 0 Å². The van der Waals surface area contributed by atoms with Crippen molar-refractivity contribution in [3.63, 3.8) is 0 Å². The molecule has 0 radical (unpaired) electrons. The molecule has 1 aliphatic rings. The number of rotatable bonds is 4. The van der Waals surface area contributed by atoms with Crippen molar-refractivity contribution in [3.05, 3.63) is 24.3 Å². The standard InChI is InChI=1S/C15H21F2NO2S/c16-15(17)21(19,20)14-11-7-6-10-13(14)18-12-8-4-2-1-3-5-9-12/h6-7,10-12,15,18H,1-5,8-9H2. The van der Waals surface area contributed by atoms with Crippen molar-refractivity contribution in [1.82, 2.24) is 0 Å². The topological polar surface area (TPSA) is 46.2 Å². The number of hydrogen-bond acceptors (Lipinski definition) is 3. The van der Waals surface area contributed by atoms with Crippen LogP contribution in [0, 0.1) is 0 Å². The first-order valence-corrected chi connectivity index (χ1v) is 8.94. The van der Waals surface area contributed by atoms with Gasteiger partial charge in [0.15, 0.2) is 0 Å². The molecule has 0 bridgehead atoms. The number of anilines is 1. The summed E-state index contributed by atoms with van der Waals surface area (Å²) < 4.78 is 49.0. The minimum absolute atomic E-state index is 0.152. The SMILES string of the molecule is O=S(=O)(c1ccccc1NC1CCCCCCC1)C(F)F. The second-order valence-electron chi connectivity index (χ2n) is 5.49. The Balaban J connectivity index is 2.20. The molecule has 0 amide bonds. The maximum atomic E-state index is 12.8. The van der Waals surface area contributed by atoms with Gasteiger partial charge in [-0.1, -0.05) is 44.2 Å². The van der Waals surface area contributed by atoms with Gasteiger partial charge in [-0.2, -0.15) is 8.78 Å². The molecule has 6 heteroatoms. The van der Waals surface area contributed by atoms with E-state index in [1.807, 2.05) is 0 Å². The molecular weight excluding hydrogens is 296 g/mol. The molecule has 0 spiro atoms. The molecule has 21 heavy (non-hydrogen) atoms. The van der Waals surface area contributed by atoms with E-state index in [0.717, 1.165) is 25.7 Å². The monoisotopic (exact) mass is 317 g/mol. The number of alkyl halides is 2. The first-order chi connectivity index (χ1) is 10.0. The van der Waals surface area contributed by atoms with Gasteiger partial charge in [0, 0.05) is 6.04 Å². The fourth-order valence-electron chi connectivity index (χ4n) is 2.75. The zero-order valence-corrected chi connectivity index (χ0v) is 12.7. The molecule has 0 atom stereocenters. The molecule has 0 heterocycles. The van der Waals surface area contributed by atoms with Gasteiger partial charge in [0.1, 0.15) is 0 Å². The van der Waals surface area contributed by atoms with E-state index in [2.05, 4.69) is 5.32 Å². The summed E-state index contributed by atoms with van der Waals surface area (Å²) in [5.41, 5.74) is 0.295. The zero-order valence-electron chi connectivity index (χ0n) is 11.9. The molecule has 0 unspecified atom stereocenters. The number of benzene rings is 1. The molecule has 1 aromatic carbocycles.